The molecule has 3 nitrogen and oxygen atoms in total. The predicted molar refractivity (Wildman–Crippen MR) is 83.2 cm³/mol. The second-order valence-electron chi connectivity index (χ2n) is 4.42. The van der Waals surface area contributed by atoms with Crippen LogP contribution in [-0.2, 0) is 6.61 Å². The van der Waals surface area contributed by atoms with Gasteiger partial charge in [-0.2, -0.15) is 0 Å². The molecule has 1 atom stereocenters. The van der Waals surface area contributed by atoms with Gasteiger partial charge in [-0.1, -0.05) is 53.5 Å². The Balaban J connectivity index is 2.26. The maximum absolute atomic E-state index is 6.20. The van der Waals surface area contributed by atoms with Crippen LogP contribution in [0, 0.1) is 0 Å². The van der Waals surface area contributed by atoms with Gasteiger partial charge in [0.1, 0.15) is 12.4 Å². The Morgan fingerprint density at radius 2 is 1.80 bits per heavy atom. The average molecular weight is 311 g/mol. The summed E-state index contributed by atoms with van der Waals surface area (Å²) in [5, 5.41) is 0.952. The Bertz CT molecular complexity index is 576. The third-order valence-corrected chi connectivity index (χ3v) is 3.42. The summed E-state index contributed by atoms with van der Waals surface area (Å²) in [5.74, 6) is 0.540. The van der Waals surface area contributed by atoms with Crippen molar-refractivity contribution < 1.29 is 4.74 Å². The molecule has 2 rings (SSSR count). The lowest BCUT2D eigenvalue weighted by Crippen LogP contribution is -2.21. The zero-order chi connectivity index (χ0) is 14.5. The summed E-state index contributed by atoms with van der Waals surface area (Å²) < 4.78 is 5.81. The maximum Gasteiger partial charge on any atom is 0.143 e. The van der Waals surface area contributed by atoms with Crippen LogP contribution in [0.1, 0.15) is 17.2 Å². The molecule has 0 fully saturated rings. The van der Waals surface area contributed by atoms with Gasteiger partial charge in [-0.15, -0.1) is 0 Å². The first-order valence-electron chi connectivity index (χ1n) is 6.23. The molecule has 0 saturated carbocycles. The van der Waals surface area contributed by atoms with Gasteiger partial charge in [0.15, 0.2) is 0 Å². The minimum atomic E-state index is -0.364. The fourth-order valence-electron chi connectivity index (χ4n) is 1.86. The lowest BCUT2D eigenvalue weighted by atomic mass is 10.1. The third-order valence-electron chi connectivity index (χ3n) is 2.92. The molecule has 0 amide bonds. The second kappa shape index (κ2) is 6.95. The van der Waals surface area contributed by atoms with Crippen molar-refractivity contribution in [3.63, 3.8) is 0 Å². The Labute approximate surface area is 128 Å². The van der Waals surface area contributed by atoms with Gasteiger partial charge in [0, 0.05) is 23.2 Å². The monoisotopic (exact) mass is 310 g/mol. The predicted octanol–water partition coefficient (Wildman–Crippen LogP) is 3.53. The number of rotatable bonds is 5. The zero-order valence-electron chi connectivity index (χ0n) is 10.9. The molecule has 0 aromatic heterocycles. The topological polar surface area (TPSA) is 61.3 Å². The van der Waals surface area contributed by atoms with Gasteiger partial charge in [0.2, 0.25) is 0 Å². The van der Waals surface area contributed by atoms with E-state index >= 15 is 0 Å². The molecule has 0 aliphatic rings. The molecule has 106 valence electrons. The molecule has 5 heteroatoms. The second-order valence-corrected chi connectivity index (χ2v) is 5.27. The van der Waals surface area contributed by atoms with Crippen LogP contribution in [0.2, 0.25) is 10.0 Å². The molecule has 0 aliphatic heterocycles. The largest absolute Gasteiger partial charge is 0.487 e. The van der Waals surface area contributed by atoms with Crippen molar-refractivity contribution in [2.24, 2.45) is 11.5 Å². The van der Waals surface area contributed by atoms with Crippen LogP contribution < -0.4 is 16.2 Å². The van der Waals surface area contributed by atoms with Gasteiger partial charge < -0.3 is 16.2 Å². The normalized spacial score (nSPS) is 12.2. The van der Waals surface area contributed by atoms with E-state index in [1.807, 2.05) is 30.3 Å². The van der Waals surface area contributed by atoms with Gasteiger partial charge in [-0.3, -0.25) is 0 Å². The molecule has 0 bridgehead atoms. The number of halogens is 2. The number of hydrogen-bond donors (Lipinski definition) is 2. The van der Waals surface area contributed by atoms with E-state index in [1.165, 1.54) is 0 Å². The number of benzene rings is 2. The van der Waals surface area contributed by atoms with Gasteiger partial charge in [0.05, 0.1) is 5.02 Å². The van der Waals surface area contributed by atoms with E-state index in [-0.39, 0.29) is 6.04 Å². The maximum atomic E-state index is 6.20. The molecule has 0 heterocycles. The lowest BCUT2D eigenvalue weighted by molar-refractivity contribution is 0.301. The van der Waals surface area contributed by atoms with Gasteiger partial charge in [-0.05, 0) is 17.7 Å². The van der Waals surface area contributed by atoms with Gasteiger partial charge in [0.25, 0.3) is 0 Å². The van der Waals surface area contributed by atoms with Crippen LogP contribution in [0.4, 0.5) is 0 Å². The zero-order valence-corrected chi connectivity index (χ0v) is 12.4. The van der Waals surface area contributed by atoms with E-state index in [0.29, 0.717) is 28.9 Å². The molecular formula is C15H16Cl2N2O. The van der Waals surface area contributed by atoms with Crippen LogP contribution in [0.5, 0.6) is 5.75 Å². The Morgan fingerprint density at radius 3 is 2.45 bits per heavy atom. The Hall–Kier alpha value is -1.26. The summed E-state index contributed by atoms with van der Waals surface area (Å²) in [6.45, 7) is 0.699. The fraction of sp³-hybridized carbons (Fsp3) is 0.200. The van der Waals surface area contributed by atoms with Crippen molar-refractivity contribution in [2.75, 3.05) is 6.54 Å². The summed E-state index contributed by atoms with van der Waals surface area (Å²) in [6, 6.07) is 12.8. The molecule has 0 saturated heterocycles. The van der Waals surface area contributed by atoms with Crippen molar-refractivity contribution in [3.05, 3.63) is 63.6 Å². The highest BCUT2D eigenvalue weighted by Gasteiger charge is 2.16. The Kier molecular flexibility index (Phi) is 5.26. The van der Waals surface area contributed by atoms with E-state index in [9.17, 15) is 0 Å². The van der Waals surface area contributed by atoms with Crippen LogP contribution >= 0.6 is 23.2 Å². The van der Waals surface area contributed by atoms with Gasteiger partial charge in [-0.25, -0.2) is 0 Å². The highest BCUT2D eigenvalue weighted by molar-refractivity contribution is 6.35. The molecule has 0 radical (unpaired) electrons. The molecule has 4 N–H and O–H groups in total. The van der Waals surface area contributed by atoms with Crippen molar-refractivity contribution in [3.8, 4) is 5.75 Å². The molecule has 0 aliphatic carbocycles. The summed E-state index contributed by atoms with van der Waals surface area (Å²) in [5.41, 5.74) is 13.4. The minimum absolute atomic E-state index is 0.290. The molecular weight excluding hydrogens is 295 g/mol. The highest BCUT2D eigenvalue weighted by atomic mass is 35.5. The molecule has 0 spiro atoms. The molecule has 20 heavy (non-hydrogen) atoms. The van der Waals surface area contributed by atoms with Crippen molar-refractivity contribution >= 4 is 23.2 Å². The number of hydrogen-bond acceptors (Lipinski definition) is 3. The summed E-state index contributed by atoms with van der Waals surface area (Å²) in [7, 11) is 0. The van der Waals surface area contributed by atoms with E-state index in [2.05, 4.69) is 0 Å². The fourth-order valence-corrected chi connectivity index (χ4v) is 2.43. The van der Waals surface area contributed by atoms with Crippen LogP contribution in [0.15, 0.2) is 42.5 Å². The van der Waals surface area contributed by atoms with E-state index in [0.717, 1.165) is 11.1 Å². The minimum Gasteiger partial charge on any atom is -0.487 e. The molecule has 2 aromatic carbocycles. The standard InChI is InChI=1S/C15H16Cl2N2O/c16-11-6-12(14(19)8-18)15(13(17)7-11)20-9-10-4-2-1-3-5-10/h1-7,14H,8-9,18-19H2. The third kappa shape index (κ3) is 3.64. The summed E-state index contributed by atoms with van der Waals surface area (Å²) in [4.78, 5) is 0. The average Bonchev–Trinajstić information content (AvgIpc) is 2.46. The first kappa shape index (κ1) is 15.1. The number of nitrogens with two attached hydrogens (primary N) is 2. The quantitative estimate of drug-likeness (QED) is 0.888. The van der Waals surface area contributed by atoms with Crippen molar-refractivity contribution in [1.29, 1.82) is 0 Å². The van der Waals surface area contributed by atoms with Crippen LogP contribution in [-0.4, -0.2) is 6.54 Å². The van der Waals surface area contributed by atoms with E-state index < -0.39 is 0 Å². The first-order chi connectivity index (χ1) is 9.61. The van der Waals surface area contributed by atoms with E-state index in [4.69, 9.17) is 39.4 Å². The number of ether oxygens (including phenoxy) is 1. The Morgan fingerprint density at radius 1 is 1.10 bits per heavy atom. The van der Waals surface area contributed by atoms with Crippen molar-refractivity contribution in [1.82, 2.24) is 0 Å². The molecule has 1 unspecified atom stereocenters. The van der Waals surface area contributed by atoms with Crippen LogP contribution in [0.3, 0.4) is 0 Å². The van der Waals surface area contributed by atoms with Gasteiger partial charge >= 0.3 is 0 Å². The van der Waals surface area contributed by atoms with Crippen molar-refractivity contribution in [2.45, 2.75) is 12.6 Å². The summed E-state index contributed by atoms with van der Waals surface area (Å²) in [6.07, 6.45) is 0. The van der Waals surface area contributed by atoms with Crippen LogP contribution in [0.25, 0.3) is 0 Å². The smallest absolute Gasteiger partial charge is 0.143 e. The highest BCUT2D eigenvalue weighted by Crippen LogP contribution is 2.35. The molecule has 2 aromatic rings. The SMILES string of the molecule is NCC(N)c1cc(Cl)cc(Cl)c1OCc1ccccc1. The van der Waals surface area contributed by atoms with E-state index in [1.54, 1.807) is 12.1 Å². The first-order valence-corrected chi connectivity index (χ1v) is 6.98. The lowest BCUT2D eigenvalue weighted by Gasteiger charge is -2.17. The summed E-state index contributed by atoms with van der Waals surface area (Å²) >= 11 is 12.2.